The zero-order chi connectivity index (χ0) is 22.5. The SMILES string of the molecule is CCC1CCCCN1C(=O)C=Cc1c(-c2cccc(NC(=O)OC)c2)nn2ccccc12. The summed E-state index contributed by atoms with van der Waals surface area (Å²) < 4.78 is 6.49. The molecular formula is C25H28N4O3. The van der Waals surface area contributed by atoms with Crippen molar-refractivity contribution >= 4 is 29.3 Å². The van der Waals surface area contributed by atoms with Gasteiger partial charge in [0.1, 0.15) is 5.69 Å². The van der Waals surface area contributed by atoms with Crippen LogP contribution in [0.2, 0.25) is 0 Å². The first kappa shape index (κ1) is 21.6. The van der Waals surface area contributed by atoms with Gasteiger partial charge in [0.15, 0.2) is 0 Å². The summed E-state index contributed by atoms with van der Waals surface area (Å²) in [5.41, 5.74) is 3.94. The Labute approximate surface area is 187 Å². The third-order valence-electron chi connectivity index (χ3n) is 5.92. The van der Waals surface area contributed by atoms with Gasteiger partial charge in [-0.25, -0.2) is 9.31 Å². The second-order valence-corrected chi connectivity index (χ2v) is 7.91. The van der Waals surface area contributed by atoms with Gasteiger partial charge in [-0.2, -0.15) is 5.10 Å². The van der Waals surface area contributed by atoms with E-state index in [-0.39, 0.29) is 5.91 Å². The predicted molar refractivity (Wildman–Crippen MR) is 125 cm³/mol. The molecule has 0 spiro atoms. The van der Waals surface area contributed by atoms with Gasteiger partial charge >= 0.3 is 6.09 Å². The lowest BCUT2D eigenvalue weighted by Crippen LogP contribution is -2.42. The van der Waals surface area contributed by atoms with Gasteiger partial charge in [-0.3, -0.25) is 10.1 Å². The number of anilines is 1. The average molecular weight is 433 g/mol. The number of likely N-dealkylation sites (tertiary alicyclic amines) is 1. The summed E-state index contributed by atoms with van der Waals surface area (Å²) in [6.07, 6.45) is 9.15. The lowest BCUT2D eigenvalue weighted by Gasteiger charge is -2.34. The Hall–Kier alpha value is -3.61. The molecule has 1 saturated heterocycles. The van der Waals surface area contributed by atoms with Gasteiger partial charge in [0, 0.05) is 41.7 Å². The van der Waals surface area contributed by atoms with Gasteiger partial charge in [0.2, 0.25) is 5.91 Å². The third-order valence-corrected chi connectivity index (χ3v) is 5.92. The van der Waals surface area contributed by atoms with Crippen LogP contribution in [0.1, 0.15) is 38.2 Å². The number of carbonyl (C=O) groups is 2. The maximum absolute atomic E-state index is 13.0. The summed E-state index contributed by atoms with van der Waals surface area (Å²) in [6, 6.07) is 13.6. The second kappa shape index (κ2) is 9.68. The van der Waals surface area contributed by atoms with Crippen LogP contribution in [0.25, 0.3) is 22.9 Å². The molecule has 0 saturated carbocycles. The van der Waals surface area contributed by atoms with Crippen LogP contribution in [0.4, 0.5) is 10.5 Å². The summed E-state index contributed by atoms with van der Waals surface area (Å²) in [7, 11) is 1.33. The Morgan fingerprint density at radius 3 is 2.91 bits per heavy atom. The first-order valence-corrected chi connectivity index (χ1v) is 11.0. The van der Waals surface area contributed by atoms with Crippen LogP contribution < -0.4 is 5.32 Å². The highest BCUT2D eigenvalue weighted by Crippen LogP contribution is 2.29. The quantitative estimate of drug-likeness (QED) is 0.577. The second-order valence-electron chi connectivity index (χ2n) is 7.91. The molecule has 0 bridgehead atoms. The molecule has 1 aromatic carbocycles. The zero-order valence-electron chi connectivity index (χ0n) is 18.5. The van der Waals surface area contributed by atoms with Crippen LogP contribution in [0, 0.1) is 0 Å². The Morgan fingerprint density at radius 2 is 2.09 bits per heavy atom. The molecule has 1 fully saturated rings. The van der Waals surface area contributed by atoms with E-state index < -0.39 is 6.09 Å². The first-order valence-electron chi connectivity index (χ1n) is 11.0. The largest absolute Gasteiger partial charge is 0.453 e. The van der Waals surface area contributed by atoms with Crippen molar-refractivity contribution in [1.82, 2.24) is 14.5 Å². The fourth-order valence-corrected chi connectivity index (χ4v) is 4.27. The third kappa shape index (κ3) is 4.51. The number of methoxy groups -OCH3 is 1. The number of piperidine rings is 1. The summed E-state index contributed by atoms with van der Waals surface area (Å²) in [5, 5.41) is 7.43. The molecule has 2 amide bonds. The minimum atomic E-state index is -0.533. The topological polar surface area (TPSA) is 75.9 Å². The standard InChI is InChI=1S/C25H28N4O3/c1-3-20-11-4-6-15-28(20)23(30)14-13-21-22-12-5-7-16-29(22)27-24(21)18-9-8-10-19(17-18)26-25(31)32-2/h5,7-10,12-14,16-17,20H,3-4,6,11,15H2,1-2H3,(H,26,31). The summed E-state index contributed by atoms with van der Waals surface area (Å²) >= 11 is 0. The molecule has 2 aromatic heterocycles. The molecule has 1 atom stereocenters. The molecular weight excluding hydrogens is 404 g/mol. The van der Waals surface area contributed by atoms with E-state index in [4.69, 9.17) is 5.10 Å². The van der Waals surface area contributed by atoms with E-state index in [1.54, 1.807) is 16.7 Å². The highest BCUT2D eigenvalue weighted by atomic mass is 16.5. The van der Waals surface area contributed by atoms with Crippen LogP contribution >= 0.6 is 0 Å². The number of nitrogens with one attached hydrogen (secondary N) is 1. The number of hydrogen-bond donors (Lipinski definition) is 1. The van der Waals surface area contributed by atoms with Crippen molar-refractivity contribution in [3.05, 3.63) is 60.3 Å². The number of rotatable bonds is 5. The molecule has 0 radical (unpaired) electrons. The normalized spacial score (nSPS) is 16.4. The molecule has 7 heteroatoms. The van der Waals surface area contributed by atoms with Crippen LogP contribution in [-0.4, -0.2) is 46.2 Å². The van der Waals surface area contributed by atoms with Gasteiger partial charge in [0.05, 0.1) is 12.6 Å². The molecule has 3 heterocycles. The van der Waals surface area contributed by atoms with Crippen molar-refractivity contribution in [2.45, 2.75) is 38.6 Å². The summed E-state index contributed by atoms with van der Waals surface area (Å²) in [6.45, 7) is 2.95. The fourth-order valence-electron chi connectivity index (χ4n) is 4.27. The molecule has 32 heavy (non-hydrogen) atoms. The fraction of sp³-hybridized carbons (Fsp3) is 0.320. The van der Waals surface area contributed by atoms with Gasteiger partial charge in [-0.05, 0) is 56.0 Å². The molecule has 4 rings (SSSR count). The molecule has 1 aliphatic rings. The van der Waals surface area contributed by atoms with Crippen molar-refractivity contribution in [2.24, 2.45) is 0 Å². The number of hydrogen-bond acceptors (Lipinski definition) is 4. The molecule has 1 unspecified atom stereocenters. The van der Waals surface area contributed by atoms with E-state index in [2.05, 4.69) is 17.0 Å². The maximum atomic E-state index is 13.0. The smallest absolute Gasteiger partial charge is 0.411 e. The zero-order valence-corrected chi connectivity index (χ0v) is 18.5. The number of amides is 2. The Kier molecular flexibility index (Phi) is 6.54. The van der Waals surface area contributed by atoms with Crippen LogP contribution in [-0.2, 0) is 9.53 Å². The molecule has 1 aliphatic heterocycles. The van der Waals surface area contributed by atoms with Gasteiger partial charge in [0.25, 0.3) is 0 Å². The minimum absolute atomic E-state index is 0.0406. The van der Waals surface area contributed by atoms with Gasteiger partial charge in [-0.1, -0.05) is 25.1 Å². The number of ether oxygens (including phenoxy) is 1. The summed E-state index contributed by atoms with van der Waals surface area (Å²) in [4.78, 5) is 26.6. The van der Waals surface area contributed by atoms with E-state index in [1.165, 1.54) is 13.5 Å². The van der Waals surface area contributed by atoms with Crippen molar-refractivity contribution in [3.63, 3.8) is 0 Å². The van der Waals surface area contributed by atoms with Crippen molar-refractivity contribution in [2.75, 3.05) is 19.0 Å². The van der Waals surface area contributed by atoms with Gasteiger partial charge < -0.3 is 9.64 Å². The average Bonchev–Trinajstić information content (AvgIpc) is 3.21. The lowest BCUT2D eigenvalue weighted by atomic mass is 9.99. The highest BCUT2D eigenvalue weighted by Gasteiger charge is 2.24. The number of aromatic nitrogens is 2. The number of pyridine rings is 1. The number of carbonyl (C=O) groups excluding carboxylic acids is 2. The van der Waals surface area contributed by atoms with Crippen LogP contribution in [0.15, 0.2) is 54.7 Å². The Morgan fingerprint density at radius 1 is 1.22 bits per heavy atom. The Bertz CT molecular complexity index is 1150. The van der Waals surface area contributed by atoms with Crippen LogP contribution in [0.5, 0.6) is 0 Å². The monoisotopic (exact) mass is 432 g/mol. The van der Waals surface area contributed by atoms with E-state index in [1.807, 2.05) is 53.6 Å². The minimum Gasteiger partial charge on any atom is -0.453 e. The van der Waals surface area contributed by atoms with E-state index >= 15 is 0 Å². The van der Waals surface area contributed by atoms with E-state index in [9.17, 15) is 9.59 Å². The molecule has 1 N–H and O–H groups in total. The predicted octanol–water partition coefficient (Wildman–Crippen LogP) is 4.98. The van der Waals surface area contributed by atoms with Crippen LogP contribution in [0.3, 0.4) is 0 Å². The maximum Gasteiger partial charge on any atom is 0.411 e. The number of benzene rings is 1. The molecule has 7 nitrogen and oxygen atoms in total. The summed E-state index contributed by atoms with van der Waals surface area (Å²) in [5.74, 6) is 0.0406. The van der Waals surface area contributed by atoms with E-state index in [0.29, 0.717) is 11.7 Å². The number of fused-ring (bicyclic) bond motifs is 1. The lowest BCUT2D eigenvalue weighted by molar-refractivity contribution is -0.129. The van der Waals surface area contributed by atoms with Gasteiger partial charge in [-0.15, -0.1) is 0 Å². The van der Waals surface area contributed by atoms with Crippen molar-refractivity contribution in [3.8, 4) is 11.3 Å². The molecule has 0 aliphatic carbocycles. The molecule has 166 valence electrons. The van der Waals surface area contributed by atoms with Crippen molar-refractivity contribution < 1.29 is 14.3 Å². The number of nitrogens with zero attached hydrogens (tertiary/aromatic N) is 3. The molecule has 3 aromatic rings. The Balaban J connectivity index is 1.70. The van der Waals surface area contributed by atoms with Crippen molar-refractivity contribution in [1.29, 1.82) is 0 Å². The highest BCUT2D eigenvalue weighted by molar-refractivity contribution is 5.95. The van der Waals surface area contributed by atoms with E-state index in [0.717, 1.165) is 48.1 Å². The first-order chi connectivity index (χ1) is 15.6.